The number of carbonyl (C=O) groups is 1. The van der Waals surface area contributed by atoms with Gasteiger partial charge in [-0.15, -0.1) is 0 Å². The van der Waals surface area contributed by atoms with Crippen LogP contribution in [0.1, 0.15) is 56.2 Å². The highest BCUT2D eigenvalue weighted by molar-refractivity contribution is 5.75. The van der Waals surface area contributed by atoms with Crippen LogP contribution in [0.15, 0.2) is 72.8 Å². The second kappa shape index (κ2) is 12.2. The third kappa shape index (κ3) is 7.08. The number of nitrogens with zero attached hydrogens (tertiary/aromatic N) is 1. The maximum absolute atomic E-state index is 13.6. The molecule has 0 N–H and O–H groups in total. The first-order valence-corrected chi connectivity index (χ1v) is 11.8. The fraction of sp³-hybridized carbons (Fsp3) is 0.345. The van der Waals surface area contributed by atoms with Crippen LogP contribution in [0.4, 0.5) is 4.39 Å². The van der Waals surface area contributed by atoms with Crippen LogP contribution in [0.25, 0.3) is 0 Å². The molecule has 0 radical (unpaired) electrons. The highest BCUT2D eigenvalue weighted by Crippen LogP contribution is 2.30. The zero-order chi connectivity index (χ0) is 24.5. The van der Waals surface area contributed by atoms with Crippen LogP contribution < -0.4 is 9.47 Å². The summed E-state index contributed by atoms with van der Waals surface area (Å²) >= 11 is 0. The molecule has 180 valence electrons. The second-order valence-electron chi connectivity index (χ2n) is 8.65. The van der Waals surface area contributed by atoms with Gasteiger partial charge < -0.3 is 14.4 Å². The molecular formula is C29H34FNO3. The van der Waals surface area contributed by atoms with E-state index in [2.05, 4.69) is 12.1 Å². The third-order valence-corrected chi connectivity index (χ3v) is 5.80. The van der Waals surface area contributed by atoms with Crippen molar-refractivity contribution < 1.29 is 18.7 Å². The first-order chi connectivity index (χ1) is 16.4. The Morgan fingerprint density at radius 3 is 1.97 bits per heavy atom. The number of rotatable bonds is 11. The highest BCUT2D eigenvalue weighted by Gasteiger charge is 2.19. The summed E-state index contributed by atoms with van der Waals surface area (Å²) in [5.41, 5.74) is 3.18. The predicted molar refractivity (Wildman–Crippen MR) is 134 cm³/mol. The van der Waals surface area contributed by atoms with Crippen molar-refractivity contribution in [2.45, 2.75) is 52.2 Å². The fourth-order valence-corrected chi connectivity index (χ4v) is 4.02. The molecule has 1 amide bonds. The van der Waals surface area contributed by atoms with Gasteiger partial charge in [0.25, 0.3) is 0 Å². The van der Waals surface area contributed by atoms with E-state index in [9.17, 15) is 9.18 Å². The summed E-state index contributed by atoms with van der Waals surface area (Å²) < 4.78 is 24.6. The molecule has 0 saturated carbocycles. The number of halogens is 1. The zero-order valence-electron chi connectivity index (χ0n) is 20.5. The molecule has 0 aliphatic carbocycles. The topological polar surface area (TPSA) is 38.8 Å². The minimum absolute atomic E-state index is 0.0247. The van der Waals surface area contributed by atoms with Crippen LogP contribution in [-0.4, -0.2) is 30.6 Å². The number of hydrogen-bond acceptors (Lipinski definition) is 3. The number of methoxy groups -OCH3 is 1. The summed E-state index contributed by atoms with van der Waals surface area (Å²) in [6.45, 7) is 7.00. The van der Waals surface area contributed by atoms with Crippen molar-refractivity contribution >= 4 is 5.91 Å². The maximum Gasteiger partial charge on any atom is 0.222 e. The fourth-order valence-electron chi connectivity index (χ4n) is 4.02. The van der Waals surface area contributed by atoms with Crippen LogP contribution in [-0.2, 0) is 11.3 Å². The van der Waals surface area contributed by atoms with Gasteiger partial charge in [-0.2, -0.15) is 0 Å². The van der Waals surface area contributed by atoms with Gasteiger partial charge in [0.05, 0.1) is 13.2 Å². The molecule has 0 fully saturated rings. The van der Waals surface area contributed by atoms with E-state index in [-0.39, 0.29) is 23.7 Å². The Kier molecular flexibility index (Phi) is 9.08. The van der Waals surface area contributed by atoms with Crippen molar-refractivity contribution in [2.75, 3.05) is 13.7 Å². The number of ether oxygens (including phenoxy) is 2. The third-order valence-electron chi connectivity index (χ3n) is 5.80. The van der Waals surface area contributed by atoms with Gasteiger partial charge in [0.15, 0.2) is 0 Å². The molecule has 0 saturated heterocycles. The quantitative estimate of drug-likeness (QED) is 0.322. The van der Waals surface area contributed by atoms with Gasteiger partial charge in [0.1, 0.15) is 17.3 Å². The van der Waals surface area contributed by atoms with E-state index >= 15 is 0 Å². The lowest BCUT2D eigenvalue weighted by atomic mass is 9.88. The van der Waals surface area contributed by atoms with Gasteiger partial charge in [-0.1, -0.05) is 43.3 Å². The molecule has 4 nitrogen and oxygen atoms in total. The largest absolute Gasteiger partial charge is 0.497 e. The van der Waals surface area contributed by atoms with E-state index in [4.69, 9.17) is 9.47 Å². The van der Waals surface area contributed by atoms with Crippen molar-refractivity contribution in [3.05, 3.63) is 95.3 Å². The van der Waals surface area contributed by atoms with E-state index in [1.165, 1.54) is 12.1 Å². The average Bonchev–Trinajstić information content (AvgIpc) is 2.85. The molecule has 0 aliphatic rings. The Morgan fingerprint density at radius 1 is 0.882 bits per heavy atom. The summed E-state index contributed by atoms with van der Waals surface area (Å²) in [4.78, 5) is 14.6. The Labute approximate surface area is 202 Å². The molecular weight excluding hydrogens is 429 g/mol. The molecule has 0 aliphatic heterocycles. The monoisotopic (exact) mass is 463 g/mol. The molecule has 1 unspecified atom stereocenters. The van der Waals surface area contributed by atoms with Gasteiger partial charge in [-0.25, -0.2) is 4.39 Å². The van der Waals surface area contributed by atoms with Crippen LogP contribution in [0, 0.1) is 5.82 Å². The molecule has 3 rings (SSSR count). The van der Waals surface area contributed by atoms with E-state index in [0.29, 0.717) is 19.5 Å². The molecule has 0 heterocycles. The Morgan fingerprint density at radius 2 is 1.44 bits per heavy atom. The summed E-state index contributed by atoms with van der Waals surface area (Å²) in [5.74, 6) is 1.48. The van der Waals surface area contributed by atoms with Gasteiger partial charge in [-0.05, 0) is 73.4 Å². The number of amides is 1. The van der Waals surface area contributed by atoms with Crippen molar-refractivity contribution in [3.63, 3.8) is 0 Å². The molecule has 34 heavy (non-hydrogen) atoms. The minimum atomic E-state index is -0.259. The molecule has 3 aromatic carbocycles. The molecule has 0 aromatic heterocycles. The Bertz CT molecular complexity index is 1030. The van der Waals surface area contributed by atoms with E-state index in [1.807, 2.05) is 74.2 Å². The van der Waals surface area contributed by atoms with Crippen LogP contribution in [0.5, 0.6) is 11.5 Å². The van der Waals surface area contributed by atoms with Crippen molar-refractivity contribution in [1.29, 1.82) is 0 Å². The number of hydrogen-bond donors (Lipinski definition) is 0. The summed E-state index contributed by atoms with van der Waals surface area (Å²) in [5, 5.41) is 0. The summed E-state index contributed by atoms with van der Waals surface area (Å²) in [6, 6.07) is 22.5. The van der Waals surface area contributed by atoms with Crippen LogP contribution in [0.3, 0.4) is 0 Å². The van der Waals surface area contributed by atoms with Crippen molar-refractivity contribution in [2.24, 2.45) is 0 Å². The minimum Gasteiger partial charge on any atom is -0.497 e. The molecule has 0 bridgehead atoms. The summed E-state index contributed by atoms with van der Waals surface area (Å²) in [7, 11) is 1.64. The smallest absolute Gasteiger partial charge is 0.222 e. The standard InChI is InChI=1S/C29H34FNO3/c1-5-29(32)31(20-22-6-14-26(33-4)15-7-22)19-18-28(23-8-12-25(30)13-9-23)24-10-16-27(17-11-24)34-21(2)3/h6-17,21,28H,5,18-20H2,1-4H3. The first kappa shape index (κ1) is 25.3. The summed E-state index contributed by atoms with van der Waals surface area (Å²) in [6.07, 6.45) is 1.27. The molecule has 1 atom stereocenters. The van der Waals surface area contributed by atoms with Crippen LogP contribution in [0.2, 0.25) is 0 Å². The highest BCUT2D eigenvalue weighted by atomic mass is 19.1. The maximum atomic E-state index is 13.6. The van der Waals surface area contributed by atoms with E-state index in [0.717, 1.165) is 34.6 Å². The number of carbonyl (C=O) groups excluding carboxylic acids is 1. The SMILES string of the molecule is CCC(=O)N(CCC(c1ccc(F)cc1)c1ccc(OC(C)C)cc1)Cc1ccc(OC)cc1. The molecule has 0 spiro atoms. The lowest BCUT2D eigenvalue weighted by molar-refractivity contribution is -0.131. The van der Waals surface area contributed by atoms with Crippen LogP contribution >= 0.6 is 0 Å². The lowest BCUT2D eigenvalue weighted by Gasteiger charge is -2.26. The van der Waals surface area contributed by atoms with Gasteiger partial charge >= 0.3 is 0 Å². The Hall–Kier alpha value is -3.34. The van der Waals surface area contributed by atoms with Gasteiger partial charge in [-0.3, -0.25) is 4.79 Å². The lowest BCUT2D eigenvalue weighted by Crippen LogP contribution is -2.31. The van der Waals surface area contributed by atoms with Crippen molar-refractivity contribution in [3.8, 4) is 11.5 Å². The second-order valence-corrected chi connectivity index (χ2v) is 8.65. The Balaban J connectivity index is 1.81. The zero-order valence-corrected chi connectivity index (χ0v) is 20.5. The van der Waals surface area contributed by atoms with E-state index < -0.39 is 0 Å². The van der Waals surface area contributed by atoms with E-state index in [1.54, 1.807) is 7.11 Å². The number of benzene rings is 3. The van der Waals surface area contributed by atoms with Gasteiger partial charge in [0.2, 0.25) is 5.91 Å². The predicted octanol–water partition coefficient (Wildman–Crippen LogP) is 6.58. The molecule has 5 heteroatoms. The normalized spacial score (nSPS) is 11.8. The molecule has 3 aromatic rings. The van der Waals surface area contributed by atoms with Crippen molar-refractivity contribution in [1.82, 2.24) is 4.90 Å². The van der Waals surface area contributed by atoms with Gasteiger partial charge in [0, 0.05) is 25.4 Å². The first-order valence-electron chi connectivity index (χ1n) is 11.8. The average molecular weight is 464 g/mol.